The first-order chi connectivity index (χ1) is 11.5. The minimum absolute atomic E-state index is 0.0627. The van der Waals surface area contributed by atoms with Gasteiger partial charge in [0.25, 0.3) is 0 Å². The van der Waals surface area contributed by atoms with E-state index >= 15 is 0 Å². The Hall–Kier alpha value is -2.20. The van der Waals surface area contributed by atoms with Crippen molar-refractivity contribution < 1.29 is 14.3 Å². The Balaban J connectivity index is 1.60. The summed E-state index contributed by atoms with van der Waals surface area (Å²) in [7, 11) is 0. The van der Waals surface area contributed by atoms with Crippen molar-refractivity contribution >= 4 is 17.5 Å². The Labute approximate surface area is 146 Å². The molecule has 0 aliphatic carbocycles. The average Bonchev–Trinajstić information content (AvgIpc) is 2.59. The van der Waals surface area contributed by atoms with E-state index in [1.807, 2.05) is 50.2 Å². The topological polar surface area (TPSA) is 47.6 Å². The van der Waals surface area contributed by atoms with Gasteiger partial charge in [0.05, 0.1) is 12.0 Å². The van der Waals surface area contributed by atoms with E-state index in [4.69, 9.17) is 21.1 Å². The van der Waals surface area contributed by atoms with Crippen molar-refractivity contribution in [2.24, 2.45) is 0 Å². The van der Waals surface area contributed by atoms with E-state index in [0.29, 0.717) is 23.9 Å². The molecule has 0 spiro atoms. The quantitative estimate of drug-likeness (QED) is 0.921. The first kappa shape index (κ1) is 16.7. The van der Waals surface area contributed by atoms with E-state index in [1.165, 1.54) is 0 Å². The molecule has 1 amide bonds. The van der Waals surface area contributed by atoms with E-state index < -0.39 is 5.41 Å². The average molecular weight is 346 g/mol. The molecule has 2 aromatic carbocycles. The van der Waals surface area contributed by atoms with Crippen LogP contribution in [0.1, 0.15) is 19.4 Å². The zero-order valence-corrected chi connectivity index (χ0v) is 14.5. The van der Waals surface area contributed by atoms with Gasteiger partial charge in [0, 0.05) is 5.02 Å². The SMILES string of the molecule is CC(C)(C(=O)NCC1COc2ccccc2O1)c1ccc(Cl)cc1. The van der Waals surface area contributed by atoms with Crippen LogP contribution in [-0.4, -0.2) is 25.2 Å². The van der Waals surface area contributed by atoms with Crippen molar-refractivity contribution in [2.75, 3.05) is 13.2 Å². The van der Waals surface area contributed by atoms with Crippen LogP contribution in [0, 0.1) is 0 Å². The van der Waals surface area contributed by atoms with Crippen LogP contribution >= 0.6 is 11.6 Å². The number of rotatable bonds is 4. The zero-order chi connectivity index (χ0) is 17.2. The molecular weight excluding hydrogens is 326 g/mol. The molecule has 2 aromatic rings. The third-order valence-corrected chi connectivity index (χ3v) is 4.44. The maximum Gasteiger partial charge on any atom is 0.230 e. The summed E-state index contributed by atoms with van der Waals surface area (Å²) < 4.78 is 11.5. The van der Waals surface area contributed by atoms with Crippen molar-refractivity contribution in [3.63, 3.8) is 0 Å². The van der Waals surface area contributed by atoms with Crippen molar-refractivity contribution in [2.45, 2.75) is 25.4 Å². The van der Waals surface area contributed by atoms with Crippen molar-refractivity contribution in [3.8, 4) is 11.5 Å². The number of carbonyl (C=O) groups excluding carboxylic acids is 1. The number of fused-ring (bicyclic) bond motifs is 1. The van der Waals surface area contributed by atoms with Crippen LogP contribution in [0.25, 0.3) is 0 Å². The lowest BCUT2D eigenvalue weighted by Gasteiger charge is -2.29. The number of hydrogen-bond acceptors (Lipinski definition) is 3. The Kier molecular flexibility index (Phi) is 4.67. The Morgan fingerprint density at radius 1 is 1.17 bits per heavy atom. The van der Waals surface area contributed by atoms with Crippen molar-refractivity contribution in [3.05, 3.63) is 59.1 Å². The van der Waals surface area contributed by atoms with Crippen molar-refractivity contribution in [1.82, 2.24) is 5.32 Å². The molecule has 0 saturated heterocycles. The predicted molar refractivity (Wildman–Crippen MR) is 93.8 cm³/mol. The number of carbonyl (C=O) groups is 1. The van der Waals surface area contributed by atoms with Crippen LogP contribution in [0.5, 0.6) is 11.5 Å². The molecule has 0 aromatic heterocycles. The van der Waals surface area contributed by atoms with Gasteiger partial charge in [0.15, 0.2) is 11.5 Å². The number of halogens is 1. The van der Waals surface area contributed by atoms with Gasteiger partial charge >= 0.3 is 0 Å². The standard InChI is InChI=1S/C19H20ClNO3/c1-19(2,13-7-9-14(20)10-8-13)18(22)21-11-15-12-23-16-5-3-4-6-17(16)24-15/h3-10,15H,11-12H2,1-2H3,(H,21,22). The molecule has 0 fully saturated rings. The Bertz CT molecular complexity index is 728. The Morgan fingerprint density at radius 3 is 2.54 bits per heavy atom. The van der Waals surface area contributed by atoms with Crippen molar-refractivity contribution in [1.29, 1.82) is 0 Å². The smallest absolute Gasteiger partial charge is 0.230 e. The largest absolute Gasteiger partial charge is 0.486 e. The summed E-state index contributed by atoms with van der Waals surface area (Å²) in [5.41, 5.74) is 0.258. The van der Waals surface area contributed by atoms with Gasteiger partial charge in [-0.2, -0.15) is 0 Å². The van der Waals surface area contributed by atoms with Crippen LogP contribution in [0.4, 0.5) is 0 Å². The van der Waals surface area contributed by atoms with E-state index in [0.717, 1.165) is 11.3 Å². The lowest BCUT2D eigenvalue weighted by Crippen LogP contribution is -2.46. The van der Waals surface area contributed by atoms with E-state index in [1.54, 1.807) is 12.1 Å². The molecule has 0 saturated carbocycles. The highest BCUT2D eigenvalue weighted by atomic mass is 35.5. The second-order valence-corrected chi connectivity index (χ2v) is 6.78. The molecule has 1 unspecified atom stereocenters. The molecule has 1 atom stereocenters. The highest BCUT2D eigenvalue weighted by Gasteiger charge is 2.31. The normalized spacial score (nSPS) is 16.5. The van der Waals surface area contributed by atoms with Gasteiger partial charge in [-0.3, -0.25) is 4.79 Å². The summed E-state index contributed by atoms with van der Waals surface area (Å²) in [6.07, 6.45) is -0.204. The Morgan fingerprint density at radius 2 is 1.83 bits per heavy atom. The lowest BCUT2D eigenvalue weighted by atomic mass is 9.84. The fraction of sp³-hybridized carbons (Fsp3) is 0.316. The number of hydrogen-bond donors (Lipinski definition) is 1. The van der Waals surface area contributed by atoms with Crippen LogP contribution in [0.3, 0.4) is 0 Å². The number of benzene rings is 2. The van der Waals surface area contributed by atoms with Crippen LogP contribution in [0.15, 0.2) is 48.5 Å². The molecule has 0 bridgehead atoms. The van der Waals surface area contributed by atoms with Gasteiger partial charge in [-0.1, -0.05) is 35.9 Å². The monoisotopic (exact) mass is 345 g/mol. The molecule has 126 valence electrons. The highest BCUT2D eigenvalue weighted by molar-refractivity contribution is 6.30. The maximum absolute atomic E-state index is 12.6. The van der Waals surface area contributed by atoms with Gasteiger partial charge < -0.3 is 14.8 Å². The van der Waals surface area contributed by atoms with Gasteiger partial charge in [-0.05, 0) is 43.7 Å². The molecule has 1 heterocycles. The number of ether oxygens (including phenoxy) is 2. The molecule has 24 heavy (non-hydrogen) atoms. The molecule has 4 nitrogen and oxygen atoms in total. The predicted octanol–water partition coefficient (Wildman–Crippen LogP) is 3.57. The minimum atomic E-state index is -0.655. The molecule has 0 radical (unpaired) electrons. The van der Waals surface area contributed by atoms with E-state index in [9.17, 15) is 4.79 Å². The summed E-state index contributed by atoms with van der Waals surface area (Å²) in [5, 5.41) is 3.61. The van der Waals surface area contributed by atoms with Crippen LogP contribution in [0.2, 0.25) is 5.02 Å². The first-order valence-corrected chi connectivity index (χ1v) is 8.27. The summed E-state index contributed by atoms with van der Waals surface area (Å²) in [5.74, 6) is 1.38. The van der Waals surface area contributed by atoms with Crippen LogP contribution < -0.4 is 14.8 Å². The zero-order valence-electron chi connectivity index (χ0n) is 13.7. The number of amides is 1. The second kappa shape index (κ2) is 6.73. The first-order valence-electron chi connectivity index (χ1n) is 7.89. The summed E-state index contributed by atoms with van der Waals surface area (Å²) in [4.78, 5) is 12.6. The fourth-order valence-corrected chi connectivity index (χ4v) is 2.71. The molecule has 1 aliphatic rings. The molecular formula is C19H20ClNO3. The summed E-state index contributed by atoms with van der Waals surface area (Å²) >= 11 is 5.91. The van der Waals surface area contributed by atoms with E-state index in [-0.39, 0.29) is 12.0 Å². The number of nitrogens with one attached hydrogen (secondary N) is 1. The lowest BCUT2D eigenvalue weighted by molar-refractivity contribution is -0.126. The van der Waals surface area contributed by atoms with Gasteiger partial charge in [0.1, 0.15) is 12.7 Å². The van der Waals surface area contributed by atoms with Gasteiger partial charge in [0.2, 0.25) is 5.91 Å². The van der Waals surface area contributed by atoms with Gasteiger partial charge in [-0.25, -0.2) is 0 Å². The van der Waals surface area contributed by atoms with Gasteiger partial charge in [-0.15, -0.1) is 0 Å². The van der Waals surface area contributed by atoms with E-state index in [2.05, 4.69) is 5.32 Å². The number of para-hydroxylation sites is 2. The summed E-state index contributed by atoms with van der Waals surface area (Å²) in [6.45, 7) is 4.58. The molecule has 1 aliphatic heterocycles. The van der Waals surface area contributed by atoms with Crippen LogP contribution in [-0.2, 0) is 10.2 Å². The fourth-order valence-electron chi connectivity index (χ4n) is 2.59. The third-order valence-electron chi connectivity index (χ3n) is 4.19. The third kappa shape index (κ3) is 3.49. The second-order valence-electron chi connectivity index (χ2n) is 6.34. The molecule has 1 N–H and O–H groups in total. The highest BCUT2D eigenvalue weighted by Crippen LogP contribution is 2.31. The molecule has 3 rings (SSSR count). The summed E-state index contributed by atoms with van der Waals surface area (Å²) in [6, 6.07) is 14.9. The minimum Gasteiger partial charge on any atom is -0.486 e. The molecule has 5 heteroatoms. The maximum atomic E-state index is 12.6.